The lowest BCUT2D eigenvalue weighted by Gasteiger charge is -2.22. The van der Waals surface area contributed by atoms with Crippen LogP contribution in [0.25, 0.3) is 0 Å². The second-order valence-electron chi connectivity index (χ2n) is 6.39. The molecule has 1 aliphatic carbocycles. The predicted octanol–water partition coefficient (Wildman–Crippen LogP) is 3.27. The summed E-state index contributed by atoms with van der Waals surface area (Å²) in [6, 6.07) is 6.15. The van der Waals surface area contributed by atoms with Crippen LogP contribution in [0.15, 0.2) is 18.2 Å². The van der Waals surface area contributed by atoms with Gasteiger partial charge in [0, 0.05) is 0 Å². The van der Waals surface area contributed by atoms with Gasteiger partial charge in [0.15, 0.2) is 0 Å². The van der Waals surface area contributed by atoms with Crippen molar-refractivity contribution in [3.63, 3.8) is 0 Å². The van der Waals surface area contributed by atoms with Gasteiger partial charge in [0.05, 0.1) is 6.42 Å². The van der Waals surface area contributed by atoms with Crippen LogP contribution < -0.4 is 0 Å². The average Bonchev–Trinajstić information content (AvgIpc) is 2.31. The van der Waals surface area contributed by atoms with Crippen LogP contribution in [0, 0.1) is 0 Å². The largest absolute Gasteiger partial charge is 0.481 e. The zero-order valence-corrected chi connectivity index (χ0v) is 11.0. The lowest BCUT2D eigenvalue weighted by molar-refractivity contribution is -0.136. The Kier molecular flexibility index (Phi) is 2.57. The fourth-order valence-electron chi connectivity index (χ4n) is 3.32. The number of aliphatic carboxylic acids is 1. The molecule has 0 radical (unpaired) electrons. The zero-order chi connectivity index (χ0) is 12.8. The molecular formula is C15H20O2. The third-order valence-corrected chi connectivity index (χ3v) is 3.78. The van der Waals surface area contributed by atoms with E-state index >= 15 is 0 Å². The minimum absolute atomic E-state index is 0.115. The van der Waals surface area contributed by atoms with Crippen LogP contribution in [0.1, 0.15) is 50.8 Å². The van der Waals surface area contributed by atoms with Crippen LogP contribution >= 0.6 is 0 Å². The molecule has 0 aliphatic heterocycles. The number of rotatable bonds is 2. The van der Waals surface area contributed by atoms with Crippen molar-refractivity contribution in [1.82, 2.24) is 0 Å². The number of benzene rings is 1. The van der Waals surface area contributed by atoms with E-state index in [1.807, 2.05) is 6.07 Å². The van der Waals surface area contributed by atoms with E-state index in [0.717, 1.165) is 12.0 Å². The zero-order valence-electron chi connectivity index (χ0n) is 11.0. The summed E-state index contributed by atoms with van der Waals surface area (Å²) in [7, 11) is 0. The topological polar surface area (TPSA) is 37.3 Å². The van der Waals surface area contributed by atoms with Crippen molar-refractivity contribution in [1.29, 1.82) is 0 Å². The maximum Gasteiger partial charge on any atom is 0.307 e. The summed E-state index contributed by atoms with van der Waals surface area (Å²) >= 11 is 0. The Labute approximate surface area is 103 Å². The van der Waals surface area contributed by atoms with Gasteiger partial charge in [-0.15, -0.1) is 0 Å². The third-order valence-electron chi connectivity index (χ3n) is 3.78. The first-order valence-corrected chi connectivity index (χ1v) is 6.08. The Morgan fingerprint density at radius 3 is 2.35 bits per heavy atom. The van der Waals surface area contributed by atoms with E-state index in [9.17, 15) is 4.79 Å². The van der Waals surface area contributed by atoms with E-state index in [4.69, 9.17) is 5.11 Å². The van der Waals surface area contributed by atoms with E-state index in [2.05, 4.69) is 39.8 Å². The standard InChI is InChI=1S/C15H20O2/c1-14(2)9-15(3,4)12-7-10(8-13(16)17)5-6-11(12)14/h5-7H,8-9H2,1-4H3,(H,16,17). The first kappa shape index (κ1) is 12.2. The van der Waals surface area contributed by atoms with Crippen LogP contribution in [0.3, 0.4) is 0 Å². The van der Waals surface area contributed by atoms with Gasteiger partial charge in [-0.25, -0.2) is 0 Å². The van der Waals surface area contributed by atoms with Crippen LogP contribution in [0.5, 0.6) is 0 Å². The van der Waals surface area contributed by atoms with Crippen LogP contribution in [-0.4, -0.2) is 11.1 Å². The smallest absolute Gasteiger partial charge is 0.307 e. The predicted molar refractivity (Wildman–Crippen MR) is 68.5 cm³/mol. The number of hydrogen-bond acceptors (Lipinski definition) is 1. The molecule has 1 aromatic carbocycles. The van der Waals surface area contributed by atoms with Crippen LogP contribution in [0.4, 0.5) is 0 Å². The Balaban J connectivity index is 2.49. The maximum atomic E-state index is 10.8. The molecule has 0 saturated carbocycles. The normalized spacial score (nSPS) is 20.0. The molecule has 1 aliphatic rings. The first-order valence-electron chi connectivity index (χ1n) is 6.08. The van der Waals surface area contributed by atoms with Gasteiger partial charge >= 0.3 is 5.97 Å². The highest BCUT2D eigenvalue weighted by Crippen LogP contribution is 2.49. The quantitative estimate of drug-likeness (QED) is 0.849. The molecule has 2 rings (SSSR count). The highest BCUT2D eigenvalue weighted by Gasteiger charge is 2.41. The molecule has 0 saturated heterocycles. The minimum Gasteiger partial charge on any atom is -0.481 e. The Bertz CT molecular complexity index is 470. The first-order chi connectivity index (χ1) is 7.72. The van der Waals surface area contributed by atoms with Crippen molar-refractivity contribution in [2.45, 2.75) is 51.4 Å². The number of carboxylic acids is 1. The van der Waals surface area contributed by atoms with E-state index in [1.54, 1.807) is 0 Å². The molecule has 2 heteroatoms. The monoisotopic (exact) mass is 232 g/mol. The summed E-state index contributed by atoms with van der Waals surface area (Å²) < 4.78 is 0. The van der Waals surface area contributed by atoms with Crippen molar-refractivity contribution in [2.75, 3.05) is 0 Å². The fourth-order valence-corrected chi connectivity index (χ4v) is 3.32. The molecule has 17 heavy (non-hydrogen) atoms. The van der Waals surface area contributed by atoms with Crippen molar-refractivity contribution in [3.8, 4) is 0 Å². The molecule has 0 bridgehead atoms. The molecule has 0 spiro atoms. The summed E-state index contributed by atoms with van der Waals surface area (Å²) in [5, 5.41) is 8.85. The molecule has 0 unspecified atom stereocenters. The molecule has 0 aromatic heterocycles. The molecule has 0 heterocycles. The van der Waals surface area contributed by atoms with E-state index in [0.29, 0.717) is 0 Å². The second-order valence-corrected chi connectivity index (χ2v) is 6.39. The fraction of sp³-hybridized carbons (Fsp3) is 0.533. The number of carbonyl (C=O) groups is 1. The van der Waals surface area contributed by atoms with Gasteiger partial charge in [0.1, 0.15) is 0 Å². The van der Waals surface area contributed by atoms with Gasteiger partial charge in [-0.3, -0.25) is 4.79 Å². The maximum absolute atomic E-state index is 10.8. The SMILES string of the molecule is CC1(C)CC(C)(C)c2cc(CC(=O)O)ccc21. The van der Waals surface area contributed by atoms with E-state index in [1.165, 1.54) is 11.1 Å². The highest BCUT2D eigenvalue weighted by molar-refractivity contribution is 5.70. The molecule has 92 valence electrons. The van der Waals surface area contributed by atoms with Crippen molar-refractivity contribution >= 4 is 5.97 Å². The summed E-state index contributed by atoms with van der Waals surface area (Å²) in [4.78, 5) is 10.8. The van der Waals surface area contributed by atoms with Crippen LogP contribution in [0.2, 0.25) is 0 Å². The van der Waals surface area contributed by atoms with Gasteiger partial charge < -0.3 is 5.11 Å². The van der Waals surface area contributed by atoms with Gasteiger partial charge in [-0.05, 0) is 33.9 Å². The summed E-state index contributed by atoms with van der Waals surface area (Å²) in [6.07, 6.45) is 1.23. The van der Waals surface area contributed by atoms with Crippen molar-refractivity contribution < 1.29 is 9.90 Å². The Morgan fingerprint density at radius 2 is 1.76 bits per heavy atom. The summed E-state index contributed by atoms with van der Waals surface area (Å²) in [5.41, 5.74) is 3.94. The Hall–Kier alpha value is -1.31. The van der Waals surface area contributed by atoms with E-state index in [-0.39, 0.29) is 17.3 Å². The molecule has 0 atom stereocenters. The van der Waals surface area contributed by atoms with Gasteiger partial charge in [-0.1, -0.05) is 45.9 Å². The van der Waals surface area contributed by atoms with Crippen molar-refractivity contribution in [2.24, 2.45) is 0 Å². The van der Waals surface area contributed by atoms with Gasteiger partial charge in [0.2, 0.25) is 0 Å². The van der Waals surface area contributed by atoms with Crippen LogP contribution in [-0.2, 0) is 22.0 Å². The van der Waals surface area contributed by atoms with Gasteiger partial charge in [0.25, 0.3) is 0 Å². The molecular weight excluding hydrogens is 212 g/mol. The highest BCUT2D eigenvalue weighted by atomic mass is 16.4. The lowest BCUT2D eigenvalue weighted by Crippen LogP contribution is -2.18. The third kappa shape index (κ3) is 2.08. The number of fused-ring (bicyclic) bond motifs is 1. The molecule has 2 nitrogen and oxygen atoms in total. The molecule has 0 amide bonds. The number of carboxylic acid groups (broad SMARTS) is 1. The van der Waals surface area contributed by atoms with E-state index < -0.39 is 5.97 Å². The van der Waals surface area contributed by atoms with Crippen molar-refractivity contribution in [3.05, 3.63) is 34.9 Å². The Morgan fingerprint density at radius 1 is 1.18 bits per heavy atom. The number of hydrogen-bond donors (Lipinski definition) is 1. The average molecular weight is 232 g/mol. The summed E-state index contributed by atoms with van der Waals surface area (Å²) in [5.74, 6) is -0.764. The van der Waals surface area contributed by atoms with Gasteiger partial charge in [-0.2, -0.15) is 0 Å². The molecule has 0 fully saturated rings. The summed E-state index contributed by atoms with van der Waals surface area (Å²) in [6.45, 7) is 9.01. The minimum atomic E-state index is -0.764. The molecule has 1 aromatic rings. The lowest BCUT2D eigenvalue weighted by atomic mass is 9.82. The molecule has 1 N–H and O–H groups in total. The second kappa shape index (κ2) is 3.59.